The number of quaternary nitrogens is 1. The predicted octanol–water partition coefficient (Wildman–Crippen LogP) is 19.2. The van der Waals surface area contributed by atoms with Crippen molar-refractivity contribution in [2.24, 2.45) is 0 Å². The van der Waals surface area contributed by atoms with E-state index in [9.17, 15) is 19.4 Å². The molecule has 0 fully saturated rings. The minimum Gasteiger partial charge on any atom is -0.387 e. The number of allylic oxidation sites excluding steroid dienone is 17. The third-order valence-electron chi connectivity index (χ3n) is 13.2. The zero-order valence-electron chi connectivity index (χ0n) is 49.3. The lowest BCUT2D eigenvalue weighted by Gasteiger charge is -2.25. The first-order chi connectivity index (χ1) is 36.5. The number of hydrogen-bond acceptors (Lipinski definition) is 5. The molecule has 0 saturated heterocycles. The van der Waals surface area contributed by atoms with Crippen molar-refractivity contribution in [2.75, 3.05) is 40.9 Å². The zero-order chi connectivity index (χ0) is 54.9. The number of nitrogens with zero attached hydrogens (tertiary/aromatic N) is 1. The Labute approximate surface area is 463 Å². The molecule has 0 aromatic rings. The van der Waals surface area contributed by atoms with Crippen LogP contribution in [0.25, 0.3) is 0 Å². The van der Waals surface area contributed by atoms with Gasteiger partial charge in [-0.3, -0.25) is 13.8 Å². The number of likely N-dealkylation sites (N-methyl/N-ethyl adjacent to an activating group) is 1. The number of hydrogen-bond donors (Lipinski definition) is 3. The van der Waals surface area contributed by atoms with Gasteiger partial charge in [0.25, 0.3) is 0 Å². The van der Waals surface area contributed by atoms with Gasteiger partial charge in [0, 0.05) is 6.42 Å². The average Bonchev–Trinajstić information content (AvgIpc) is 3.37. The topological polar surface area (TPSA) is 105 Å². The van der Waals surface area contributed by atoms with Gasteiger partial charge >= 0.3 is 7.82 Å². The smallest absolute Gasteiger partial charge is 0.387 e. The van der Waals surface area contributed by atoms with Crippen molar-refractivity contribution in [3.63, 3.8) is 0 Å². The lowest BCUT2D eigenvalue weighted by atomic mass is 10.0. The van der Waals surface area contributed by atoms with Crippen molar-refractivity contribution in [3.05, 3.63) is 109 Å². The highest BCUT2D eigenvalue weighted by molar-refractivity contribution is 7.47. The quantitative estimate of drug-likeness (QED) is 0.0243. The fraction of sp³-hybridized carbons (Fsp3) is 0.712. The molecule has 0 aromatic carbocycles. The molecule has 0 spiro atoms. The van der Waals surface area contributed by atoms with Gasteiger partial charge in [0.05, 0.1) is 39.9 Å². The summed E-state index contributed by atoms with van der Waals surface area (Å²) in [6.45, 7) is 4.68. The van der Waals surface area contributed by atoms with Crippen LogP contribution in [0.3, 0.4) is 0 Å². The number of aliphatic hydroxyl groups excluding tert-OH is 1. The van der Waals surface area contributed by atoms with Crippen LogP contribution in [-0.2, 0) is 18.4 Å². The lowest BCUT2D eigenvalue weighted by Crippen LogP contribution is -2.45. The zero-order valence-corrected chi connectivity index (χ0v) is 50.1. The number of phosphoric acid groups is 1. The van der Waals surface area contributed by atoms with Crippen molar-refractivity contribution < 1.29 is 32.9 Å². The van der Waals surface area contributed by atoms with Crippen LogP contribution in [-0.4, -0.2) is 73.4 Å². The molecule has 3 atom stereocenters. The number of rotatable bonds is 55. The second-order valence-electron chi connectivity index (χ2n) is 21.7. The Morgan fingerprint density at radius 3 is 1.23 bits per heavy atom. The molecule has 3 N–H and O–H groups in total. The van der Waals surface area contributed by atoms with Gasteiger partial charge in [-0.05, 0) is 89.9 Å². The first-order valence-corrected chi connectivity index (χ1v) is 32.3. The minimum atomic E-state index is -4.36. The summed E-state index contributed by atoms with van der Waals surface area (Å²) in [6.07, 6.45) is 82.1. The van der Waals surface area contributed by atoms with E-state index in [2.05, 4.69) is 116 Å². The second kappa shape index (κ2) is 55.9. The molecule has 75 heavy (non-hydrogen) atoms. The van der Waals surface area contributed by atoms with Crippen molar-refractivity contribution >= 4 is 13.7 Å². The monoisotopic (exact) mass is 1070 g/mol. The molecule has 432 valence electrons. The molecule has 0 radical (unpaired) electrons. The highest BCUT2D eigenvalue weighted by Crippen LogP contribution is 2.43. The Morgan fingerprint density at radius 1 is 0.467 bits per heavy atom. The summed E-state index contributed by atoms with van der Waals surface area (Å²) < 4.78 is 23.7. The van der Waals surface area contributed by atoms with Gasteiger partial charge in [-0.15, -0.1) is 0 Å². The van der Waals surface area contributed by atoms with Gasteiger partial charge < -0.3 is 19.8 Å². The van der Waals surface area contributed by atoms with Crippen molar-refractivity contribution in [2.45, 2.75) is 264 Å². The summed E-state index contributed by atoms with van der Waals surface area (Å²) in [6, 6.07) is -0.869. The van der Waals surface area contributed by atoms with Crippen LogP contribution in [0.2, 0.25) is 0 Å². The van der Waals surface area contributed by atoms with E-state index in [1.807, 2.05) is 27.2 Å². The van der Waals surface area contributed by atoms with Crippen LogP contribution in [0.15, 0.2) is 109 Å². The summed E-state index contributed by atoms with van der Waals surface area (Å²) in [5, 5.41) is 13.9. The van der Waals surface area contributed by atoms with Crippen LogP contribution in [0.5, 0.6) is 0 Å². The van der Waals surface area contributed by atoms with Crippen LogP contribution in [0, 0.1) is 0 Å². The molecule has 0 aliphatic carbocycles. The van der Waals surface area contributed by atoms with Gasteiger partial charge in [0.15, 0.2) is 0 Å². The maximum absolute atomic E-state index is 13.0. The predicted molar refractivity (Wildman–Crippen MR) is 327 cm³/mol. The molecule has 0 aliphatic rings. The molecule has 0 aromatic heterocycles. The maximum atomic E-state index is 13.0. The number of carbonyl (C=O) groups excluding carboxylic acids is 1. The largest absolute Gasteiger partial charge is 0.472 e. The highest BCUT2D eigenvalue weighted by Gasteiger charge is 2.27. The van der Waals surface area contributed by atoms with E-state index in [0.29, 0.717) is 17.4 Å². The molecule has 9 heteroatoms. The van der Waals surface area contributed by atoms with E-state index >= 15 is 0 Å². The molecule has 0 saturated carbocycles. The van der Waals surface area contributed by atoms with Gasteiger partial charge in [0.1, 0.15) is 13.2 Å². The normalized spacial score (nSPS) is 14.6. The van der Waals surface area contributed by atoms with Crippen LogP contribution < -0.4 is 5.32 Å². The van der Waals surface area contributed by atoms with Crippen molar-refractivity contribution in [1.29, 1.82) is 0 Å². The van der Waals surface area contributed by atoms with E-state index < -0.39 is 20.0 Å². The van der Waals surface area contributed by atoms with Gasteiger partial charge in [-0.25, -0.2) is 4.57 Å². The molecule has 3 unspecified atom stereocenters. The molecule has 8 nitrogen and oxygen atoms in total. The molecule has 0 bridgehead atoms. The fourth-order valence-corrected chi connectivity index (χ4v) is 9.19. The van der Waals surface area contributed by atoms with Gasteiger partial charge in [-0.1, -0.05) is 264 Å². The standard InChI is InChI=1S/C66H117N2O6P/c1-6-8-10-12-14-16-18-20-22-24-25-26-27-28-29-30-31-32-33-34-35-36-37-38-39-40-41-42-43-44-46-48-50-52-54-56-58-60-66(70)67-64(63-74-75(71,72)73-62-61-68(3,4)5)65(69)59-57-55-53-51-49-47-45-23-21-19-17-15-13-11-9-7-2/h8,10,14,16,20,22,25-26,28-29,31-32,34-35,49,51,57,59,64-65,69H,6-7,9,11-13,15,17-19,21,23-24,27,30,33,36-48,50,52-56,58,60-63H2,1-5H3,(H-,67,70,71,72)/p+1/b10-8-,16-14-,22-20-,26-25-,29-28-,32-31-,35-34-,51-49+,59-57+. The number of nitrogens with one attached hydrogen (secondary N) is 1. The summed E-state index contributed by atoms with van der Waals surface area (Å²) >= 11 is 0. The van der Waals surface area contributed by atoms with Crippen molar-refractivity contribution in [3.8, 4) is 0 Å². The Bertz CT molecular complexity index is 1590. The first-order valence-electron chi connectivity index (χ1n) is 30.8. The molecular weight excluding hydrogens is 948 g/mol. The van der Waals surface area contributed by atoms with E-state index in [1.54, 1.807) is 6.08 Å². The third-order valence-corrected chi connectivity index (χ3v) is 14.2. The Morgan fingerprint density at radius 2 is 0.813 bits per heavy atom. The summed E-state index contributed by atoms with van der Waals surface area (Å²) in [7, 11) is 1.55. The van der Waals surface area contributed by atoms with Crippen molar-refractivity contribution in [1.82, 2.24) is 5.32 Å². The minimum absolute atomic E-state index is 0.0527. The van der Waals surface area contributed by atoms with E-state index in [0.717, 1.165) is 83.5 Å². The first kappa shape index (κ1) is 72.2. The molecule has 0 rings (SSSR count). The van der Waals surface area contributed by atoms with Gasteiger partial charge in [-0.2, -0.15) is 0 Å². The average molecular weight is 1070 g/mol. The third kappa shape index (κ3) is 58.7. The molecule has 1 amide bonds. The second-order valence-corrected chi connectivity index (χ2v) is 23.1. The number of phosphoric ester groups is 1. The SMILES string of the molecule is CC/C=C\C/C=C\C/C=C\C/C=C\C/C=C\C/C=C\C/C=C\CCCCCCCCCCCCCCCCCC(=O)NC(COP(=O)(O)OCC[N+](C)(C)C)C(O)/C=C/CC/C=C/CCCCCCCCCCCC. The lowest BCUT2D eigenvalue weighted by molar-refractivity contribution is -0.870. The Hall–Kier alpha value is -2.84. The molecule has 0 heterocycles. The summed E-state index contributed by atoms with van der Waals surface area (Å²) in [5.41, 5.74) is 0. The van der Waals surface area contributed by atoms with Gasteiger partial charge in [0.2, 0.25) is 5.91 Å². The number of aliphatic hydroxyl groups is 1. The van der Waals surface area contributed by atoms with E-state index in [1.165, 1.54) is 148 Å². The fourth-order valence-electron chi connectivity index (χ4n) is 8.45. The van der Waals surface area contributed by atoms with E-state index in [4.69, 9.17) is 9.05 Å². The number of unbranched alkanes of at least 4 members (excludes halogenated alkanes) is 26. The molecule has 0 aliphatic heterocycles. The van der Waals surface area contributed by atoms with Crippen LogP contribution >= 0.6 is 7.82 Å². The number of carbonyl (C=O) groups is 1. The Kier molecular flexibility index (Phi) is 53.8. The Balaban J connectivity index is 4.09. The highest BCUT2D eigenvalue weighted by atomic mass is 31.2. The number of amides is 1. The molecular formula is C66H118N2O6P+. The van der Waals surface area contributed by atoms with Crippen LogP contribution in [0.4, 0.5) is 0 Å². The summed E-state index contributed by atoms with van der Waals surface area (Å²) in [4.78, 5) is 23.3. The van der Waals surface area contributed by atoms with Crippen LogP contribution in [0.1, 0.15) is 251 Å². The summed E-state index contributed by atoms with van der Waals surface area (Å²) in [5.74, 6) is -0.190. The maximum Gasteiger partial charge on any atom is 0.472 e. The van der Waals surface area contributed by atoms with E-state index in [-0.39, 0.29) is 19.1 Å².